The van der Waals surface area contributed by atoms with Crippen LogP contribution in [0.3, 0.4) is 0 Å². The van der Waals surface area contributed by atoms with E-state index in [0.29, 0.717) is 6.07 Å². The average Bonchev–Trinajstić information content (AvgIpc) is 2.21. The molecule has 0 fully saturated rings. The standard InChI is InChI=1S/C10H3Cl2F4N/c11-4-1-2-6(13)8-5(12)3-7(10(14,15)16)17-9(4)8/h1-3H. The molecule has 0 saturated heterocycles. The van der Waals surface area contributed by atoms with Gasteiger partial charge in [0.05, 0.1) is 20.9 Å². The lowest BCUT2D eigenvalue weighted by Gasteiger charge is -2.09. The molecule has 17 heavy (non-hydrogen) atoms. The molecule has 0 amide bonds. The number of pyridine rings is 1. The molecule has 7 heteroatoms. The van der Waals surface area contributed by atoms with Gasteiger partial charge in [0.2, 0.25) is 0 Å². The zero-order chi connectivity index (χ0) is 12.8. The maximum absolute atomic E-state index is 13.4. The number of fused-ring (bicyclic) bond motifs is 1. The molecule has 0 unspecified atom stereocenters. The average molecular weight is 284 g/mol. The molecule has 0 aliphatic rings. The van der Waals surface area contributed by atoms with E-state index in [0.717, 1.165) is 12.1 Å². The van der Waals surface area contributed by atoms with Crippen molar-refractivity contribution in [3.8, 4) is 0 Å². The number of hydrogen-bond acceptors (Lipinski definition) is 1. The van der Waals surface area contributed by atoms with Crippen LogP contribution in [0.5, 0.6) is 0 Å². The van der Waals surface area contributed by atoms with Crippen molar-refractivity contribution < 1.29 is 17.6 Å². The summed E-state index contributed by atoms with van der Waals surface area (Å²) in [6, 6.07) is 2.72. The van der Waals surface area contributed by atoms with Gasteiger partial charge in [0, 0.05) is 0 Å². The SMILES string of the molecule is Fc1ccc(Cl)c2nc(C(F)(F)F)cc(Cl)c12. The van der Waals surface area contributed by atoms with Gasteiger partial charge >= 0.3 is 6.18 Å². The van der Waals surface area contributed by atoms with E-state index in [2.05, 4.69) is 4.98 Å². The summed E-state index contributed by atoms with van der Waals surface area (Å²) < 4.78 is 50.8. The Labute approximate surface area is 103 Å². The Bertz CT molecular complexity index is 595. The molecule has 0 aliphatic heterocycles. The van der Waals surface area contributed by atoms with Crippen LogP contribution in [0.25, 0.3) is 10.9 Å². The van der Waals surface area contributed by atoms with E-state index >= 15 is 0 Å². The minimum absolute atomic E-state index is 0.0885. The lowest BCUT2D eigenvalue weighted by atomic mass is 10.2. The summed E-state index contributed by atoms with van der Waals surface area (Å²) in [5, 5.41) is -0.677. The number of nitrogens with zero attached hydrogens (tertiary/aromatic N) is 1. The molecule has 1 aromatic carbocycles. The highest BCUT2D eigenvalue weighted by Gasteiger charge is 2.33. The second kappa shape index (κ2) is 3.99. The number of halogens is 6. The largest absolute Gasteiger partial charge is 0.433 e. The lowest BCUT2D eigenvalue weighted by molar-refractivity contribution is -0.140. The highest BCUT2D eigenvalue weighted by molar-refractivity contribution is 6.39. The first-order valence-electron chi connectivity index (χ1n) is 4.32. The Morgan fingerprint density at radius 2 is 1.71 bits per heavy atom. The predicted molar refractivity (Wildman–Crippen MR) is 56.7 cm³/mol. The molecule has 90 valence electrons. The van der Waals surface area contributed by atoms with Gasteiger partial charge in [-0.05, 0) is 18.2 Å². The van der Waals surface area contributed by atoms with Crippen molar-refractivity contribution in [3.05, 3.63) is 39.8 Å². The predicted octanol–water partition coefficient (Wildman–Crippen LogP) is 4.70. The van der Waals surface area contributed by atoms with Crippen LogP contribution in [0.4, 0.5) is 17.6 Å². The Morgan fingerprint density at radius 1 is 1.06 bits per heavy atom. The summed E-state index contributed by atoms with van der Waals surface area (Å²) in [5.74, 6) is -0.768. The first kappa shape index (κ1) is 12.4. The molecule has 0 bridgehead atoms. The van der Waals surface area contributed by atoms with Crippen LogP contribution in [0.15, 0.2) is 18.2 Å². The van der Waals surface area contributed by atoms with Crippen LogP contribution in [0.2, 0.25) is 10.0 Å². The smallest absolute Gasteiger partial charge is 0.242 e. The molecule has 1 nitrogen and oxygen atoms in total. The highest BCUT2D eigenvalue weighted by Crippen LogP contribution is 2.35. The third-order valence-corrected chi connectivity index (χ3v) is 2.71. The van der Waals surface area contributed by atoms with Crippen LogP contribution in [0.1, 0.15) is 5.69 Å². The summed E-state index contributed by atoms with van der Waals surface area (Å²) in [5.41, 5.74) is -1.51. The molecule has 0 saturated carbocycles. The van der Waals surface area contributed by atoms with Crippen LogP contribution < -0.4 is 0 Å². The molecule has 0 atom stereocenters. The molecular formula is C10H3Cl2F4N. The van der Waals surface area contributed by atoms with E-state index in [1.165, 1.54) is 0 Å². The molecule has 1 aromatic heterocycles. The fourth-order valence-electron chi connectivity index (χ4n) is 1.37. The van der Waals surface area contributed by atoms with Crippen molar-refractivity contribution in [1.82, 2.24) is 4.98 Å². The Morgan fingerprint density at radius 3 is 2.29 bits per heavy atom. The third-order valence-electron chi connectivity index (χ3n) is 2.10. The van der Waals surface area contributed by atoms with Gasteiger partial charge in [0.15, 0.2) is 0 Å². The van der Waals surface area contributed by atoms with E-state index in [9.17, 15) is 17.6 Å². The van der Waals surface area contributed by atoms with Gasteiger partial charge in [-0.3, -0.25) is 0 Å². The molecule has 1 heterocycles. The van der Waals surface area contributed by atoms with Crippen LogP contribution in [0, 0.1) is 5.82 Å². The van der Waals surface area contributed by atoms with E-state index < -0.39 is 17.7 Å². The Kier molecular flexibility index (Phi) is 2.91. The molecule has 0 N–H and O–H groups in total. The van der Waals surface area contributed by atoms with E-state index in [1.807, 2.05) is 0 Å². The van der Waals surface area contributed by atoms with Crippen molar-refractivity contribution in [2.24, 2.45) is 0 Å². The first-order valence-corrected chi connectivity index (χ1v) is 5.08. The summed E-state index contributed by atoms with van der Waals surface area (Å²) >= 11 is 11.3. The first-order chi connectivity index (χ1) is 7.80. The van der Waals surface area contributed by atoms with E-state index in [1.54, 1.807) is 0 Å². The van der Waals surface area contributed by atoms with Crippen molar-refractivity contribution >= 4 is 34.1 Å². The van der Waals surface area contributed by atoms with Gasteiger partial charge in [-0.1, -0.05) is 23.2 Å². The summed E-state index contributed by atoms with van der Waals surface area (Å²) in [6.07, 6.45) is -4.66. The zero-order valence-electron chi connectivity index (χ0n) is 7.95. The minimum atomic E-state index is -4.66. The molecule has 2 aromatic rings. The highest BCUT2D eigenvalue weighted by atomic mass is 35.5. The van der Waals surface area contributed by atoms with Crippen LogP contribution >= 0.6 is 23.2 Å². The van der Waals surface area contributed by atoms with Crippen molar-refractivity contribution in [3.63, 3.8) is 0 Å². The van der Waals surface area contributed by atoms with Gasteiger partial charge < -0.3 is 0 Å². The van der Waals surface area contributed by atoms with Gasteiger partial charge in [0.25, 0.3) is 0 Å². The fraction of sp³-hybridized carbons (Fsp3) is 0.100. The molecule has 0 aliphatic carbocycles. The number of benzene rings is 1. The summed E-state index contributed by atoms with van der Waals surface area (Å²) in [7, 11) is 0. The molecular weight excluding hydrogens is 281 g/mol. The number of hydrogen-bond donors (Lipinski definition) is 0. The van der Waals surface area contributed by atoms with E-state index in [-0.39, 0.29) is 20.9 Å². The maximum Gasteiger partial charge on any atom is 0.433 e. The van der Waals surface area contributed by atoms with Crippen molar-refractivity contribution in [2.45, 2.75) is 6.18 Å². The monoisotopic (exact) mass is 283 g/mol. The van der Waals surface area contributed by atoms with E-state index in [4.69, 9.17) is 23.2 Å². The van der Waals surface area contributed by atoms with Gasteiger partial charge in [-0.2, -0.15) is 13.2 Å². The topological polar surface area (TPSA) is 12.9 Å². The second-order valence-corrected chi connectivity index (χ2v) is 4.05. The van der Waals surface area contributed by atoms with Gasteiger partial charge in [-0.15, -0.1) is 0 Å². The number of aromatic nitrogens is 1. The fourth-order valence-corrected chi connectivity index (χ4v) is 1.85. The Hall–Kier alpha value is -1.07. The number of rotatable bonds is 0. The maximum atomic E-state index is 13.4. The molecule has 0 spiro atoms. The molecule has 0 radical (unpaired) electrons. The van der Waals surface area contributed by atoms with Crippen molar-refractivity contribution in [2.75, 3.05) is 0 Å². The normalized spacial score (nSPS) is 12.1. The second-order valence-electron chi connectivity index (χ2n) is 3.24. The van der Waals surface area contributed by atoms with Crippen molar-refractivity contribution in [1.29, 1.82) is 0 Å². The van der Waals surface area contributed by atoms with Gasteiger partial charge in [0.1, 0.15) is 11.5 Å². The molecule has 2 rings (SSSR count). The summed E-state index contributed by atoms with van der Waals surface area (Å²) in [6.45, 7) is 0. The zero-order valence-corrected chi connectivity index (χ0v) is 9.46. The minimum Gasteiger partial charge on any atom is -0.242 e. The summed E-state index contributed by atoms with van der Waals surface area (Å²) in [4.78, 5) is 3.29. The quantitative estimate of drug-likeness (QED) is 0.639. The van der Waals surface area contributed by atoms with Crippen LogP contribution in [-0.4, -0.2) is 4.98 Å². The third kappa shape index (κ3) is 2.17. The van der Waals surface area contributed by atoms with Crippen LogP contribution in [-0.2, 0) is 6.18 Å². The lowest BCUT2D eigenvalue weighted by Crippen LogP contribution is -2.08. The van der Waals surface area contributed by atoms with Gasteiger partial charge in [-0.25, -0.2) is 9.37 Å². The Balaban J connectivity index is 2.87. The number of alkyl halides is 3.